The van der Waals surface area contributed by atoms with Gasteiger partial charge in [0.25, 0.3) is 0 Å². The Morgan fingerprint density at radius 2 is 1.64 bits per heavy atom. The summed E-state index contributed by atoms with van der Waals surface area (Å²) in [6.45, 7) is 14.2. The number of hydrogen-bond donors (Lipinski definition) is 3. The monoisotopic (exact) mass is 1060 g/mol. The lowest BCUT2D eigenvalue weighted by Gasteiger charge is -2.38. The first kappa shape index (κ1) is 55.5. The molecule has 0 radical (unpaired) electrons. The zero-order valence-electron chi connectivity index (χ0n) is 44.4. The molecule has 0 unspecified atom stereocenters. The maximum atomic E-state index is 14.1. The molecule has 8 rings (SSSR count). The number of aryl methyl sites for hydroxylation is 1. The average molecular weight is 1060 g/mol. The van der Waals surface area contributed by atoms with E-state index >= 15 is 0 Å². The molecule has 75 heavy (non-hydrogen) atoms. The van der Waals surface area contributed by atoms with E-state index in [1.165, 1.54) is 6.07 Å². The number of halogens is 4. The minimum Gasteiger partial charge on any atom is -0.496 e. The summed E-state index contributed by atoms with van der Waals surface area (Å²) in [6.07, 6.45) is 4.40. The third kappa shape index (κ3) is 14.2. The lowest BCUT2D eigenvalue weighted by molar-refractivity contribution is -0.138. The first-order chi connectivity index (χ1) is 35.6. The summed E-state index contributed by atoms with van der Waals surface area (Å²) in [5, 5.41) is 9.37. The Labute approximate surface area is 443 Å². The molecule has 15 nitrogen and oxygen atoms in total. The van der Waals surface area contributed by atoms with Crippen LogP contribution in [0.3, 0.4) is 0 Å². The Hall–Kier alpha value is -5.72. The summed E-state index contributed by atoms with van der Waals surface area (Å²) in [5.41, 5.74) is 1.82. The number of hydrogen-bond acceptors (Lipinski definition) is 11. The van der Waals surface area contributed by atoms with Crippen LogP contribution < -0.4 is 25.6 Å². The highest BCUT2D eigenvalue weighted by Crippen LogP contribution is 2.43. The molecule has 5 amide bonds. The van der Waals surface area contributed by atoms with Crippen molar-refractivity contribution in [2.75, 3.05) is 69.0 Å². The van der Waals surface area contributed by atoms with Gasteiger partial charge in [0.05, 0.1) is 34.9 Å². The van der Waals surface area contributed by atoms with E-state index in [9.17, 15) is 32.3 Å². The second-order valence-electron chi connectivity index (χ2n) is 22.1. The van der Waals surface area contributed by atoms with Gasteiger partial charge in [-0.05, 0) is 190 Å². The van der Waals surface area contributed by atoms with E-state index in [4.69, 9.17) is 26.1 Å². The van der Waals surface area contributed by atoms with Gasteiger partial charge in [0.15, 0.2) is 0 Å². The topological polar surface area (TPSA) is 162 Å². The standard InChI is InChI=1S/C56H73ClF3N9O6/c1-34(40-28-41(56(58,59)60)30-42(29-40)64-54(73)75-55(3,4)5)61-51-45-31-44(49(74-7)32-47(45)62-35(2)63-51)38-11-13-39(14-12-38)52(71)68-24-16-36(17-25-68)9-8-21-66(6)43-18-22-67(23-19-43)33-37-10-15-46(57)48(27-37)69-26-20-50(70)65-53(69)72/h10,15,27-32,34,36,38-39,43H,8-9,11-14,16-26,33H2,1-7H3,(H,64,73)(H,61,62,63)(H,65,70,72)/t34-,38?,39?/m1/s1. The van der Waals surface area contributed by atoms with E-state index in [1.54, 1.807) is 46.6 Å². The number of alkyl halides is 3. The number of urea groups is 1. The highest BCUT2D eigenvalue weighted by Gasteiger charge is 2.35. The van der Waals surface area contributed by atoms with Crippen LogP contribution in [-0.4, -0.2) is 114 Å². The van der Waals surface area contributed by atoms with Crippen LogP contribution in [0, 0.1) is 18.8 Å². The van der Waals surface area contributed by atoms with Crippen LogP contribution in [0.15, 0.2) is 48.5 Å². The first-order valence-electron chi connectivity index (χ1n) is 26.6. The Kier molecular flexibility index (Phi) is 17.5. The molecule has 406 valence electrons. The number of carbonyl (C=O) groups excluding carboxylic acids is 4. The largest absolute Gasteiger partial charge is 0.496 e. The molecule has 0 spiro atoms. The van der Waals surface area contributed by atoms with Gasteiger partial charge in [0.1, 0.15) is 23.0 Å². The molecule has 0 bridgehead atoms. The molecule has 3 saturated heterocycles. The number of amides is 5. The number of piperidine rings is 2. The SMILES string of the molecule is COc1cc2nc(C)nc(N[C@H](C)c3cc(NC(=O)OC(C)(C)C)cc(C(F)(F)F)c3)c2cc1C1CCC(C(=O)N2CCC(CCCN(C)C3CCN(Cc4ccc(Cl)c(N5CCC(=O)NC5=O)c4)CC3)CC2)CC1. The van der Waals surface area contributed by atoms with Gasteiger partial charge in [-0.3, -0.25) is 30.0 Å². The number of fused-ring (bicyclic) bond motifs is 1. The number of imide groups is 1. The van der Waals surface area contributed by atoms with Gasteiger partial charge < -0.3 is 24.6 Å². The smallest absolute Gasteiger partial charge is 0.416 e. The molecule has 1 aliphatic carbocycles. The molecular formula is C56H73ClF3N9O6. The van der Waals surface area contributed by atoms with Gasteiger partial charge in [-0.2, -0.15) is 13.2 Å². The fourth-order valence-electron chi connectivity index (χ4n) is 11.3. The van der Waals surface area contributed by atoms with Crippen molar-refractivity contribution in [3.05, 3.63) is 81.6 Å². The minimum atomic E-state index is -4.66. The van der Waals surface area contributed by atoms with E-state index in [0.29, 0.717) is 57.5 Å². The van der Waals surface area contributed by atoms with E-state index < -0.39 is 35.5 Å². The van der Waals surface area contributed by atoms with Crippen LogP contribution in [0.5, 0.6) is 5.75 Å². The minimum absolute atomic E-state index is 0.0324. The van der Waals surface area contributed by atoms with Crippen molar-refractivity contribution in [2.45, 2.75) is 142 Å². The van der Waals surface area contributed by atoms with Crippen LogP contribution in [0.4, 0.5) is 40.0 Å². The Balaban J connectivity index is 0.796. The lowest BCUT2D eigenvalue weighted by Crippen LogP contribution is -2.49. The maximum Gasteiger partial charge on any atom is 0.416 e. The van der Waals surface area contributed by atoms with Gasteiger partial charge in [-0.15, -0.1) is 0 Å². The van der Waals surface area contributed by atoms with Gasteiger partial charge >= 0.3 is 18.3 Å². The highest BCUT2D eigenvalue weighted by atomic mass is 35.5. The fraction of sp³-hybridized carbons (Fsp3) is 0.571. The molecular weight excluding hydrogens is 987 g/mol. The third-order valence-corrected chi connectivity index (χ3v) is 15.8. The molecule has 1 saturated carbocycles. The zero-order valence-corrected chi connectivity index (χ0v) is 45.1. The summed E-state index contributed by atoms with van der Waals surface area (Å²) in [5.74, 6) is 2.31. The molecule has 19 heteroatoms. The number of benzene rings is 3. The molecule has 1 aromatic heterocycles. The number of rotatable bonds is 15. The van der Waals surface area contributed by atoms with Gasteiger partial charge in [-0.25, -0.2) is 19.6 Å². The molecule has 4 aliphatic rings. The van der Waals surface area contributed by atoms with E-state index in [2.05, 4.69) is 42.7 Å². The summed E-state index contributed by atoms with van der Waals surface area (Å²) in [4.78, 5) is 68.7. The number of ether oxygens (including phenoxy) is 2. The number of nitrogens with zero attached hydrogens (tertiary/aromatic N) is 6. The Morgan fingerprint density at radius 3 is 2.31 bits per heavy atom. The van der Waals surface area contributed by atoms with Crippen LogP contribution in [-0.2, 0) is 27.0 Å². The predicted octanol–water partition coefficient (Wildman–Crippen LogP) is 11.5. The summed E-state index contributed by atoms with van der Waals surface area (Å²) in [7, 11) is 3.88. The molecule has 3 aliphatic heterocycles. The van der Waals surface area contributed by atoms with Gasteiger partial charge in [0, 0.05) is 61.7 Å². The molecule has 4 heterocycles. The summed E-state index contributed by atoms with van der Waals surface area (Å²) < 4.78 is 53.7. The second kappa shape index (κ2) is 23.7. The quantitative estimate of drug-likeness (QED) is 0.104. The molecule has 4 aromatic rings. The average Bonchev–Trinajstić information content (AvgIpc) is 3.36. The van der Waals surface area contributed by atoms with Gasteiger partial charge in [0.2, 0.25) is 11.8 Å². The Morgan fingerprint density at radius 1 is 0.920 bits per heavy atom. The number of methoxy groups -OCH3 is 1. The summed E-state index contributed by atoms with van der Waals surface area (Å²) in [6, 6.07) is 12.6. The number of anilines is 3. The molecule has 3 aromatic carbocycles. The van der Waals surface area contributed by atoms with Crippen molar-refractivity contribution in [3.8, 4) is 5.75 Å². The second-order valence-corrected chi connectivity index (χ2v) is 22.5. The van der Waals surface area contributed by atoms with E-state index in [-0.39, 0.29) is 41.3 Å². The third-order valence-electron chi connectivity index (χ3n) is 15.4. The van der Waals surface area contributed by atoms with Crippen molar-refractivity contribution < 1.29 is 41.8 Å². The van der Waals surface area contributed by atoms with Crippen molar-refractivity contribution in [1.82, 2.24) is 30.0 Å². The lowest BCUT2D eigenvalue weighted by atomic mass is 9.77. The zero-order chi connectivity index (χ0) is 53.8. The van der Waals surface area contributed by atoms with Crippen molar-refractivity contribution in [2.24, 2.45) is 11.8 Å². The number of carbonyl (C=O) groups is 4. The van der Waals surface area contributed by atoms with Crippen molar-refractivity contribution in [1.29, 1.82) is 0 Å². The van der Waals surface area contributed by atoms with Crippen molar-refractivity contribution >= 4 is 63.6 Å². The summed E-state index contributed by atoms with van der Waals surface area (Å²) >= 11 is 6.49. The number of likely N-dealkylation sites (tertiary alicyclic amines) is 2. The number of nitrogens with one attached hydrogen (secondary N) is 3. The fourth-order valence-corrected chi connectivity index (χ4v) is 11.6. The molecule has 1 atom stereocenters. The van der Waals surface area contributed by atoms with E-state index in [0.717, 1.165) is 127 Å². The predicted molar refractivity (Wildman–Crippen MR) is 285 cm³/mol. The normalized spacial score (nSPS) is 20.1. The molecule has 4 fully saturated rings. The highest BCUT2D eigenvalue weighted by molar-refractivity contribution is 6.34. The maximum absolute atomic E-state index is 14.1. The first-order valence-corrected chi connectivity index (χ1v) is 26.9. The van der Waals surface area contributed by atoms with Crippen LogP contribution >= 0.6 is 11.6 Å². The van der Waals surface area contributed by atoms with Crippen LogP contribution in [0.2, 0.25) is 5.02 Å². The van der Waals surface area contributed by atoms with Gasteiger partial charge in [-0.1, -0.05) is 17.7 Å². The van der Waals surface area contributed by atoms with Crippen LogP contribution in [0.25, 0.3) is 10.9 Å². The molecule has 3 N–H and O–H groups in total. The number of aromatic nitrogens is 2. The Bertz CT molecular complexity index is 2710. The van der Waals surface area contributed by atoms with E-state index in [1.807, 2.05) is 30.3 Å². The van der Waals surface area contributed by atoms with Crippen molar-refractivity contribution in [3.63, 3.8) is 0 Å². The van der Waals surface area contributed by atoms with Crippen LogP contribution in [0.1, 0.15) is 138 Å².